The highest BCUT2D eigenvalue weighted by molar-refractivity contribution is 9.10. The first kappa shape index (κ1) is 19.5. The smallest absolute Gasteiger partial charge is 0.213 e. The minimum atomic E-state index is 0.637. The van der Waals surface area contributed by atoms with Crippen LogP contribution < -0.4 is 19.5 Å². The molecule has 0 atom stereocenters. The molecule has 25 heavy (non-hydrogen) atoms. The highest BCUT2D eigenvalue weighted by Gasteiger charge is 2.10. The molecule has 2 rings (SSSR count). The molecule has 0 saturated heterocycles. The Hall–Kier alpha value is -1.79. The Morgan fingerprint density at radius 3 is 2.72 bits per heavy atom. The number of halogens is 1. The second kappa shape index (κ2) is 10.9. The van der Waals surface area contributed by atoms with E-state index in [1.807, 2.05) is 30.3 Å². The Kier molecular flexibility index (Phi) is 8.55. The van der Waals surface area contributed by atoms with Crippen molar-refractivity contribution >= 4 is 15.9 Å². The summed E-state index contributed by atoms with van der Waals surface area (Å²) in [6, 6.07) is 9.62. The molecule has 0 aliphatic rings. The molecule has 1 N–H and O–H groups in total. The number of rotatable bonds is 11. The monoisotopic (exact) mass is 408 g/mol. The molecule has 1 aromatic carbocycles. The van der Waals surface area contributed by atoms with Gasteiger partial charge in [0.25, 0.3) is 0 Å². The number of hydrogen-bond acceptors (Lipinski definition) is 5. The molecule has 1 heterocycles. The Balaban J connectivity index is 1.76. The van der Waals surface area contributed by atoms with E-state index in [-0.39, 0.29) is 0 Å². The summed E-state index contributed by atoms with van der Waals surface area (Å²) in [4.78, 5) is 4.13. The highest BCUT2D eigenvalue weighted by atomic mass is 79.9. The van der Waals surface area contributed by atoms with Crippen molar-refractivity contribution in [1.82, 2.24) is 10.3 Å². The number of ether oxygens (including phenoxy) is 3. The molecule has 2 aromatic rings. The molecule has 0 amide bonds. The first-order valence-corrected chi connectivity index (χ1v) is 9.27. The summed E-state index contributed by atoms with van der Waals surface area (Å²) < 4.78 is 17.7. The molecule has 6 heteroatoms. The fraction of sp³-hybridized carbons (Fsp3) is 0.421. The largest absolute Gasteiger partial charge is 0.493 e. The van der Waals surface area contributed by atoms with Crippen LogP contribution in [0.1, 0.15) is 25.3 Å². The molecule has 0 aliphatic carbocycles. The van der Waals surface area contributed by atoms with Crippen LogP contribution in [0.4, 0.5) is 0 Å². The lowest BCUT2D eigenvalue weighted by molar-refractivity contribution is 0.293. The van der Waals surface area contributed by atoms with Gasteiger partial charge in [0.1, 0.15) is 0 Å². The van der Waals surface area contributed by atoms with E-state index in [4.69, 9.17) is 14.2 Å². The zero-order valence-electron chi connectivity index (χ0n) is 14.8. The number of benzene rings is 1. The van der Waals surface area contributed by atoms with E-state index in [1.165, 1.54) is 0 Å². The minimum Gasteiger partial charge on any atom is -0.493 e. The van der Waals surface area contributed by atoms with Crippen LogP contribution in [0.15, 0.2) is 41.0 Å². The fourth-order valence-electron chi connectivity index (χ4n) is 2.23. The minimum absolute atomic E-state index is 0.637. The van der Waals surface area contributed by atoms with Crippen LogP contribution in [0.3, 0.4) is 0 Å². The molecule has 0 fully saturated rings. The van der Waals surface area contributed by atoms with Gasteiger partial charge < -0.3 is 19.5 Å². The van der Waals surface area contributed by atoms with Gasteiger partial charge >= 0.3 is 0 Å². The van der Waals surface area contributed by atoms with Crippen LogP contribution in [0, 0.1) is 0 Å². The normalized spacial score (nSPS) is 10.5. The van der Waals surface area contributed by atoms with Crippen molar-refractivity contribution in [3.8, 4) is 17.4 Å². The Labute approximate surface area is 157 Å². The SMILES string of the molecule is CCCOc1cc(Br)c(CNCCCOc2ccccn2)cc1OC. The highest BCUT2D eigenvalue weighted by Crippen LogP contribution is 2.33. The van der Waals surface area contributed by atoms with Crippen LogP contribution in [0.25, 0.3) is 0 Å². The summed E-state index contributed by atoms with van der Waals surface area (Å²) in [5, 5.41) is 3.42. The molecular formula is C19H25BrN2O3. The van der Waals surface area contributed by atoms with E-state index in [2.05, 4.69) is 33.2 Å². The number of pyridine rings is 1. The van der Waals surface area contributed by atoms with Gasteiger partial charge in [0.2, 0.25) is 5.88 Å². The van der Waals surface area contributed by atoms with Gasteiger partial charge in [0.05, 0.1) is 20.3 Å². The predicted octanol–water partition coefficient (Wildman–Crippen LogP) is 4.20. The second-order valence-corrected chi connectivity index (χ2v) is 6.34. The van der Waals surface area contributed by atoms with Gasteiger partial charge in [-0.25, -0.2) is 4.98 Å². The van der Waals surface area contributed by atoms with E-state index in [0.717, 1.165) is 47.5 Å². The van der Waals surface area contributed by atoms with Crippen molar-refractivity contribution in [2.45, 2.75) is 26.3 Å². The van der Waals surface area contributed by atoms with Crippen molar-refractivity contribution in [2.24, 2.45) is 0 Å². The van der Waals surface area contributed by atoms with Crippen molar-refractivity contribution in [3.63, 3.8) is 0 Å². The van der Waals surface area contributed by atoms with Gasteiger partial charge in [-0.15, -0.1) is 0 Å². The van der Waals surface area contributed by atoms with E-state index < -0.39 is 0 Å². The van der Waals surface area contributed by atoms with Crippen molar-refractivity contribution < 1.29 is 14.2 Å². The Bertz CT molecular complexity index is 638. The van der Waals surface area contributed by atoms with Gasteiger partial charge in [0, 0.05) is 23.3 Å². The van der Waals surface area contributed by atoms with E-state index in [9.17, 15) is 0 Å². The van der Waals surface area contributed by atoms with Gasteiger partial charge in [-0.2, -0.15) is 0 Å². The van der Waals surface area contributed by atoms with Crippen LogP contribution >= 0.6 is 15.9 Å². The Morgan fingerprint density at radius 1 is 1.12 bits per heavy atom. The van der Waals surface area contributed by atoms with Gasteiger partial charge in [-0.3, -0.25) is 0 Å². The molecular weight excluding hydrogens is 384 g/mol. The number of hydrogen-bond donors (Lipinski definition) is 1. The van der Waals surface area contributed by atoms with Crippen LogP contribution in [-0.2, 0) is 6.54 Å². The van der Waals surface area contributed by atoms with E-state index >= 15 is 0 Å². The lowest BCUT2D eigenvalue weighted by Crippen LogP contribution is -2.17. The van der Waals surface area contributed by atoms with Crippen LogP contribution in [0.2, 0.25) is 0 Å². The standard InChI is InChI=1S/C19H25BrN2O3/c1-3-10-24-18-13-16(20)15(12-17(18)23-2)14-21-8-6-11-25-19-7-4-5-9-22-19/h4-5,7,9,12-13,21H,3,6,8,10-11,14H2,1-2H3. The van der Waals surface area contributed by atoms with Gasteiger partial charge in [-0.1, -0.05) is 28.9 Å². The Morgan fingerprint density at radius 2 is 2.00 bits per heavy atom. The lowest BCUT2D eigenvalue weighted by atomic mass is 10.2. The van der Waals surface area contributed by atoms with Crippen LogP contribution in [-0.4, -0.2) is 31.9 Å². The average molecular weight is 409 g/mol. The summed E-state index contributed by atoms with van der Waals surface area (Å²) >= 11 is 3.61. The molecule has 0 radical (unpaired) electrons. The first-order chi connectivity index (χ1) is 12.2. The second-order valence-electron chi connectivity index (χ2n) is 5.49. The molecule has 0 saturated carbocycles. The molecule has 0 spiro atoms. The maximum absolute atomic E-state index is 5.71. The maximum atomic E-state index is 5.71. The number of aromatic nitrogens is 1. The van der Waals surface area contributed by atoms with Gasteiger partial charge in [0.15, 0.2) is 11.5 Å². The molecule has 5 nitrogen and oxygen atoms in total. The van der Waals surface area contributed by atoms with Crippen LogP contribution in [0.5, 0.6) is 17.4 Å². The number of nitrogens with one attached hydrogen (secondary N) is 1. The zero-order chi connectivity index (χ0) is 17.9. The summed E-state index contributed by atoms with van der Waals surface area (Å²) in [6.07, 6.45) is 3.60. The molecule has 136 valence electrons. The third kappa shape index (κ3) is 6.55. The first-order valence-electron chi connectivity index (χ1n) is 8.48. The molecule has 1 aromatic heterocycles. The topological polar surface area (TPSA) is 52.6 Å². The van der Waals surface area contributed by atoms with E-state index in [0.29, 0.717) is 19.1 Å². The quantitative estimate of drug-likeness (QED) is 0.564. The van der Waals surface area contributed by atoms with Crippen molar-refractivity contribution in [1.29, 1.82) is 0 Å². The maximum Gasteiger partial charge on any atom is 0.213 e. The average Bonchev–Trinajstić information content (AvgIpc) is 2.64. The number of nitrogens with zero attached hydrogens (tertiary/aromatic N) is 1. The van der Waals surface area contributed by atoms with Crippen molar-refractivity contribution in [2.75, 3.05) is 26.9 Å². The molecule has 0 aliphatic heterocycles. The van der Waals surface area contributed by atoms with E-state index in [1.54, 1.807) is 13.3 Å². The number of methoxy groups -OCH3 is 1. The lowest BCUT2D eigenvalue weighted by Gasteiger charge is -2.14. The third-order valence-corrected chi connectivity index (χ3v) is 4.23. The fourth-order valence-corrected chi connectivity index (χ4v) is 2.69. The summed E-state index contributed by atoms with van der Waals surface area (Å²) in [5.74, 6) is 2.19. The zero-order valence-corrected chi connectivity index (χ0v) is 16.3. The third-order valence-electron chi connectivity index (χ3n) is 3.50. The summed E-state index contributed by atoms with van der Waals surface area (Å²) in [7, 11) is 1.66. The van der Waals surface area contributed by atoms with Gasteiger partial charge in [-0.05, 0) is 43.1 Å². The summed E-state index contributed by atoms with van der Waals surface area (Å²) in [5.41, 5.74) is 1.13. The summed E-state index contributed by atoms with van der Waals surface area (Å²) in [6.45, 7) is 5.00. The predicted molar refractivity (Wildman–Crippen MR) is 103 cm³/mol. The van der Waals surface area contributed by atoms with Crippen molar-refractivity contribution in [3.05, 3.63) is 46.6 Å². The molecule has 0 bridgehead atoms. The molecule has 0 unspecified atom stereocenters.